The number of carboxylic acids is 1. The Morgan fingerprint density at radius 3 is 2.54 bits per heavy atom. The molecule has 9 nitrogen and oxygen atoms in total. The van der Waals surface area contributed by atoms with Gasteiger partial charge in [-0.15, -0.1) is 11.3 Å². The third-order valence-electron chi connectivity index (χ3n) is 5.91. The maximum atomic E-state index is 13.0. The third-order valence-corrected chi connectivity index (χ3v) is 6.88. The number of carboxylic acid groups (broad SMARTS) is 1. The van der Waals surface area contributed by atoms with E-state index in [0.717, 1.165) is 42.6 Å². The predicted molar refractivity (Wildman–Crippen MR) is 128 cm³/mol. The lowest BCUT2D eigenvalue weighted by Gasteiger charge is -2.14. The van der Waals surface area contributed by atoms with Gasteiger partial charge in [0.25, 0.3) is 0 Å². The van der Waals surface area contributed by atoms with Crippen LogP contribution in [-0.4, -0.2) is 32.9 Å². The molecule has 2 heterocycles. The molecule has 0 radical (unpaired) electrons. The molecule has 2 amide bonds. The minimum Gasteiger partial charge on any atom is -0.476 e. The molecule has 3 N–H and O–H groups in total. The summed E-state index contributed by atoms with van der Waals surface area (Å²) in [6.07, 6.45) is 0.220. The summed E-state index contributed by atoms with van der Waals surface area (Å²) >= 11 is 1.09. The fourth-order valence-electron chi connectivity index (χ4n) is 4.15. The van der Waals surface area contributed by atoms with Crippen LogP contribution in [-0.2, 0) is 19.0 Å². The van der Waals surface area contributed by atoms with Gasteiger partial charge in [0.15, 0.2) is 22.5 Å². The standard InChI is InChI=1S/C24H23F3N4O5S/c1-12-6-8-16(15(10-12)19(32)13-4-2-3-5-13)29-22(35)31-23-28-11-14(37-23)7-9-17-30-18(21(33)34)20(36-17)24(25,26)27/h6,8,10-11,13H,2-5,7,9H2,1H3,(H,33,34)(H2,28,29,31,35). The molecule has 0 saturated heterocycles. The maximum Gasteiger partial charge on any atom is 0.452 e. The lowest BCUT2D eigenvalue weighted by molar-refractivity contribution is -0.153. The summed E-state index contributed by atoms with van der Waals surface area (Å²) in [5.74, 6) is -3.89. The fourth-order valence-corrected chi connectivity index (χ4v) is 4.96. The highest BCUT2D eigenvalue weighted by Crippen LogP contribution is 2.34. The van der Waals surface area contributed by atoms with Crippen LogP contribution < -0.4 is 10.6 Å². The van der Waals surface area contributed by atoms with Crippen LogP contribution in [0.5, 0.6) is 0 Å². The molecule has 2 aromatic heterocycles. The zero-order valence-corrected chi connectivity index (χ0v) is 20.5. The number of amides is 2. The summed E-state index contributed by atoms with van der Waals surface area (Å²) in [6, 6.07) is 4.64. The van der Waals surface area contributed by atoms with Crippen LogP contribution in [0.25, 0.3) is 0 Å². The summed E-state index contributed by atoms with van der Waals surface area (Å²) in [5, 5.41) is 14.5. The van der Waals surface area contributed by atoms with Crippen LogP contribution in [0.1, 0.15) is 68.6 Å². The van der Waals surface area contributed by atoms with Crippen molar-refractivity contribution in [3.63, 3.8) is 0 Å². The van der Waals surface area contributed by atoms with Gasteiger partial charge in [-0.05, 0) is 38.3 Å². The Hall–Kier alpha value is -3.74. The number of alkyl halides is 3. The number of halogens is 3. The zero-order valence-electron chi connectivity index (χ0n) is 19.6. The predicted octanol–water partition coefficient (Wildman–Crippen LogP) is 5.96. The normalized spacial score (nSPS) is 14.1. The first kappa shape index (κ1) is 26.3. The quantitative estimate of drug-likeness (QED) is 0.303. The second-order valence-corrected chi connectivity index (χ2v) is 9.81. The molecule has 3 aromatic rings. The van der Waals surface area contributed by atoms with Crippen molar-refractivity contribution < 1.29 is 37.1 Å². The van der Waals surface area contributed by atoms with Crippen LogP contribution >= 0.6 is 11.3 Å². The molecule has 13 heteroatoms. The van der Waals surface area contributed by atoms with Gasteiger partial charge in [0, 0.05) is 29.0 Å². The van der Waals surface area contributed by atoms with Crippen molar-refractivity contribution in [3.05, 3.63) is 57.7 Å². The first-order valence-corrected chi connectivity index (χ1v) is 12.3. The van der Waals surface area contributed by atoms with Gasteiger partial charge in [-0.2, -0.15) is 13.2 Å². The van der Waals surface area contributed by atoms with Crippen LogP contribution in [0.2, 0.25) is 0 Å². The number of rotatable bonds is 8. The van der Waals surface area contributed by atoms with E-state index in [1.165, 1.54) is 6.20 Å². The van der Waals surface area contributed by atoms with E-state index in [0.29, 0.717) is 16.1 Å². The highest BCUT2D eigenvalue weighted by Gasteiger charge is 2.41. The zero-order chi connectivity index (χ0) is 26.7. The smallest absolute Gasteiger partial charge is 0.452 e. The number of carbonyl (C=O) groups is 3. The third kappa shape index (κ3) is 6.34. The van der Waals surface area contributed by atoms with Gasteiger partial charge in [0.1, 0.15) is 0 Å². The number of aromatic carboxylic acids is 1. The molecule has 1 fully saturated rings. The highest BCUT2D eigenvalue weighted by molar-refractivity contribution is 7.15. The molecule has 0 aliphatic heterocycles. The van der Waals surface area contributed by atoms with E-state index in [2.05, 4.69) is 25.0 Å². The molecule has 0 atom stereocenters. The summed E-state index contributed by atoms with van der Waals surface area (Å²) in [4.78, 5) is 44.7. The van der Waals surface area contributed by atoms with Gasteiger partial charge < -0.3 is 14.8 Å². The van der Waals surface area contributed by atoms with E-state index in [9.17, 15) is 27.6 Å². The molecule has 4 rings (SSSR count). The number of carbonyl (C=O) groups excluding carboxylic acids is 2. The molecule has 1 saturated carbocycles. The van der Waals surface area contributed by atoms with Crippen molar-refractivity contribution in [3.8, 4) is 0 Å². The SMILES string of the molecule is Cc1ccc(NC(=O)Nc2ncc(CCc3nc(C(=O)O)c(C(F)(F)F)o3)s2)c(C(=O)C2CCCC2)c1. The van der Waals surface area contributed by atoms with E-state index in [-0.39, 0.29) is 35.6 Å². The summed E-state index contributed by atoms with van der Waals surface area (Å²) in [6.45, 7) is 1.87. The first-order valence-electron chi connectivity index (χ1n) is 11.5. The molecule has 1 aromatic carbocycles. The Morgan fingerprint density at radius 2 is 1.89 bits per heavy atom. The molecule has 0 spiro atoms. The van der Waals surface area contributed by atoms with Gasteiger partial charge in [0.2, 0.25) is 5.76 Å². The number of aromatic nitrogens is 2. The second-order valence-electron chi connectivity index (χ2n) is 8.69. The number of nitrogens with one attached hydrogen (secondary N) is 2. The number of nitrogens with zero attached hydrogens (tertiary/aromatic N) is 2. The van der Waals surface area contributed by atoms with Crippen molar-refractivity contribution in [2.24, 2.45) is 5.92 Å². The number of hydrogen-bond acceptors (Lipinski definition) is 7. The molecule has 37 heavy (non-hydrogen) atoms. The Labute approximate surface area is 213 Å². The van der Waals surface area contributed by atoms with Crippen LogP contribution in [0.3, 0.4) is 0 Å². The summed E-state index contributed by atoms with van der Waals surface area (Å²) in [7, 11) is 0. The van der Waals surface area contributed by atoms with Gasteiger partial charge in [-0.25, -0.2) is 19.6 Å². The molecule has 0 bridgehead atoms. The number of aryl methyl sites for hydroxylation is 3. The number of thiazole rings is 1. The largest absolute Gasteiger partial charge is 0.476 e. The van der Waals surface area contributed by atoms with Crippen LogP contribution in [0.15, 0.2) is 28.8 Å². The van der Waals surface area contributed by atoms with Crippen LogP contribution in [0, 0.1) is 12.8 Å². The summed E-state index contributed by atoms with van der Waals surface area (Å²) < 4.78 is 43.5. The van der Waals surface area contributed by atoms with E-state index in [1.54, 1.807) is 18.2 Å². The first-order chi connectivity index (χ1) is 17.5. The molecular weight excluding hydrogens is 513 g/mol. The van der Waals surface area contributed by atoms with E-state index in [4.69, 9.17) is 5.11 Å². The number of Topliss-reactive ketones (excluding diaryl/α,β-unsaturated/α-hetero) is 1. The van der Waals surface area contributed by atoms with Gasteiger partial charge >= 0.3 is 18.2 Å². The number of urea groups is 1. The van der Waals surface area contributed by atoms with Gasteiger partial charge in [-0.3, -0.25) is 10.1 Å². The number of ketones is 1. The molecule has 0 unspecified atom stereocenters. The Morgan fingerprint density at radius 1 is 1.16 bits per heavy atom. The van der Waals surface area contributed by atoms with Crippen molar-refractivity contribution in [2.45, 2.75) is 51.6 Å². The highest BCUT2D eigenvalue weighted by atomic mass is 32.1. The second kappa shape index (κ2) is 10.7. The lowest BCUT2D eigenvalue weighted by atomic mass is 9.94. The molecule has 196 valence electrons. The van der Waals surface area contributed by atoms with E-state index < -0.39 is 29.6 Å². The van der Waals surface area contributed by atoms with Crippen molar-refractivity contribution >= 4 is 39.9 Å². The minimum absolute atomic E-state index is 0.0132. The van der Waals surface area contributed by atoms with Gasteiger partial charge in [0.05, 0.1) is 5.69 Å². The van der Waals surface area contributed by atoms with Crippen molar-refractivity contribution in [1.82, 2.24) is 9.97 Å². The average molecular weight is 537 g/mol. The Balaban J connectivity index is 1.38. The molecule has 1 aliphatic carbocycles. The van der Waals surface area contributed by atoms with Crippen LogP contribution in [0.4, 0.5) is 28.8 Å². The van der Waals surface area contributed by atoms with E-state index >= 15 is 0 Å². The van der Waals surface area contributed by atoms with Gasteiger partial charge in [-0.1, -0.05) is 24.5 Å². The Kier molecular flexibility index (Phi) is 7.62. The number of benzene rings is 1. The van der Waals surface area contributed by atoms with Crippen molar-refractivity contribution in [2.75, 3.05) is 10.6 Å². The molecular formula is C24H23F3N4O5S. The number of hydrogen-bond donors (Lipinski definition) is 3. The maximum absolute atomic E-state index is 13.0. The minimum atomic E-state index is -4.98. The number of anilines is 2. The van der Waals surface area contributed by atoms with E-state index in [1.807, 2.05) is 6.92 Å². The Bertz CT molecular complexity index is 1330. The van der Waals surface area contributed by atoms with Crippen molar-refractivity contribution in [1.29, 1.82) is 0 Å². The monoisotopic (exact) mass is 536 g/mol. The number of oxazole rings is 1. The average Bonchev–Trinajstić information content (AvgIpc) is 3.59. The lowest BCUT2D eigenvalue weighted by Crippen LogP contribution is -2.22. The summed E-state index contributed by atoms with van der Waals surface area (Å²) in [5.41, 5.74) is 0.579. The fraction of sp³-hybridized carbons (Fsp3) is 0.375. The molecule has 1 aliphatic rings. The topological polar surface area (TPSA) is 134 Å².